The van der Waals surface area contributed by atoms with Gasteiger partial charge in [0.15, 0.2) is 11.6 Å². The van der Waals surface area contributed by atoms with Crippen LogP contribution in [0.15, 0.2) is 47.3 Å². The zero-order valence-corrected chi connectivity index (χ0v) is 17.0. The Morgan fingerprint density at radius 1 is 1.10 bits per heavy atom. The van der Waals surface area contributed by atoms with Gasteiger partial charge < -0.3 is 14.9 Å². The number of rotatable bonds is 2. The normalized spacial score (nSPS) is 16.6. The first-order valence-corrected chi connectivity index (χ1v) is 9.90. The number of nitrogens with zero attached hydrogens (tertiary/aromatic N) is 2. The second-order valence-corrected chi connectivity index (χ2v) is 8.06. The average Bonchev–Trinajstić information content (AvgIpc) is 3.17. The summed E-state index contributed by atoms with van der Waals surface area (Å²) in [4.78, 5) is 35.3. The van der Waals surface area contributed by atoms with Gasteiger partial charge in [-0.05, 0) is 36.7 Å². The molecule has 1 aliphatic heterocycles. The fraction of sp³-hybridized carbons (Fsp3) is 0.217. The van der Waals surface area contributed by atoms with Crippen LogP contribution in [0, 0.1) is 11.6 Å². The average molecular weight is 422 g/mol. The highest BCUT2D eigenvalue weighted by molar-refractivity contribution is 5.98. The molecule has 5 rings (SSSR count). The van der Waals surface area contributed by atoms with Crippen LogP contribution in [0.2, 0.25) is 0 Å². The fourth-order valence-electron chi connectivity index (χ4n) is 4.45. The molecule has 0 fully saturated rings. The van der Waals surface area contributed by atoms with E-state index in [1.807, 2.05) is 36.2 Å². The summed E-state index contributed by atoms with van der Waals surface area (Å²) in [5, 5.41) is 1.32. The number of para-hydroxylation sites is 1. The Bertz CT molecular complexity index is 1380. The molecule has 0 saturated carbocycles. The molecule has 2 aromatic carbocycles. The largest absolute Gasteiger partial charge is 0.351 e. The van der Waals surface area contributed by atoms with Crippen molar-refractivity contribution in [2.75, 3.05) is 20.6 Å². The van der Waals surface area contributed by atoms with Gasteiger partial charge in [0.2, 0.25) is 0 Å². The quantitative estimate of drug-likeness (QED) is 0.519. The van der Waals surface area contributed by atoms with E-state index < -0.39 is 23.2 Å². The molecule has 1 unspecified atom stereocenters. The third kappa shape index (κ3) is 3.11. The van der Waals surface area contributed by atoms with Crippen LogP contribution in [0.4, 0.5) is 8.78 Å². The van der Waals surface area contributed by atoms with Crippen molar-refractivity contribution in [3.05, 3.63) is 81.4 Å². The molecule has 4 aromatic rings. The molecule has 3 heterocycles. The monoisotopic (exact) mass is 422 g/mol. The zero-order valence-electron chi connectivity index (χ0n) is 17.0. The molecule has 0 aliphatic carbocycles. The van der Waals surface area contributed by atoms with Gasteiger partial charge in [-0.1, -0.05) is 18.2 Å². The molecule has 1 atom stereocenters. The number of H-pyrrole nitrogens is 2. The van der Waals surface area contributed by atoms with Crippen molar-refractivity contribution in [3.8, 4) is 0 Å². The van der Waals surface area contributed by atoms with Gasteiger partial charge in [-0.15, -0.1) is 0 Å². The van der Waals surface area contributed by atoms with Crippen LogP contribution in [0.1, 0.15) is 27.8 Å². The van der Waals surface area contributed by atoms with Crippen LogP contribution in [-0.2, 0) is 6.54 Å². The van der Waals surface area contributed by atoms with Gasteiger partial charge in [-0.3, -0.25) is 14.5 Å². The van der Waals surface area contributed by atoms with Gasteiger partial charge in [-0.2, -0.15) is 0 Å². The summed E-state index contributed by atoms with van der Waals surface area (Å²) < 4.78 is 27.9. The van der Waals surface area contributed by atoms with Crippen molar-refractivity contribution in [3.63, 3.8) is 0 Å². The summed E-state index contributed by atoms with van der Waals surface area (Å²) in [5.74, 6) is -2.34. The van der Waals surface area contributed by atoms with E-state index in [1.165, 1.54) is 0 Å². The Kier molecular flexibility index (Phi) is 4.40. The molecule has 2 aromatic heterocycles. The van der Waals surface area contributed by atoms with E-state index in [-0.39, 0.29) is 11.3 Å². The topological polar surface area (TPSA) is 72.2 Å². The molecular weight excluding hydrogens is 402 g/mol. The van der Waals surface area contributed by atoms with Crippen molar-refractivity contribution >= 4 is 27.6 Å². The summed E-state index contributed by atoms with van der Waals surface area (Å²) in [7, 11) is 3.56. The molecule has 6 nitrogen and oxygen atoms in total. The van der Waals surface area contributed by atoms with Gasteiger partial charge in [0, 0.05) is 42.3 Å². The highest BCUT2D eigenvalue weighted by Crippen LogP contribution is 2.35. The number of fused-ring (bicyclic) bond motifs is 4. The SMILES string of the molecule is CN1Cc2[nH]c(=O)c3cc(F)c(F)cc3c2C(N(C)C(=O)c2cc3ccccc3[nH]2)C1. The van der Waals surface area contributed by atoms with Crippen molar-refractivity contribution < 1.29 is 13.6 Å². The Hall–Kier alpha value is -3.52. The van der Waals surface area contributed by atoms with E-state index in [4.69, 9.17) is 0 Å². The first-order chi connectivity index (χ1) is 14.8. The van der Waals surface area contributed by atoms with Gasteiger partial charge in [0.25, 0.3) is 11.5 Å². The highest BCUT2D eigenvalue weighted by atomic mass is 19.2. The van der Waals surface area contributed by atoms with E-state index in [1.54, 1.807) is 18.0 Å². The number of benzene rings is 2. The Morgan fingerprint density at radius 3 is 2.55 bits per heavy atom. The second-order valence-electron chi connectivity index (χ2n) is 8.06. The van der Waals surface area contributed by atoms with E-state index in [0.29, 0.717) is 35.4 Å². The van der Waals surface area contributed by atoms with Gasteiger partial charge in [0.05, 0.1) is 11.4 Å². The molecule has 0 saturated heterocycles. The number of aromatic amines is 2. The number of halogens is 2. The third-order valence-corrected chi connectivity index (χ3v) is 5.98. The summed E-state index contributed by atoms with van der Waals surface area (Å²) in [5.41, 5.74) is 2.04. The Morgan fingerprint density at radius 2 is 1.81 bits per heavy atom. The highest BCUT2D eigenvalue weighted by Gasteiger charge is 2.33. The summed E-state index contributed by atoms with van der Waals surface area (Å²) in [6.45, 7) is 0.917. The lowest BCUT2D eigenvalue weighted by Gasteiger charge is -2.37. The first-order valence-electron chi connectivity index (χ1n) is 9.90. The standard InChI is InChI=1S/C23H20F2N4O2/c1-28-10-19-21(13-8-15(24)16(25)9-14(13)22(30)27-19)20(11-28)29(2)23(31)18-7-12-5-3-4-6-17(12)26-18/h3-9,20,26H,10-11H2,1-2H3,(H,27,30). The fourth-order valence-corrected chi connectivity index (χ4v) is 4.45. The number of likely N-dealkylation sites (N-methyl/N-ethyl adjacent to an activating group) is 2. The van der Waals surface area contributed by atoms with Crippen LogP contribution in [0.25, 0.3) is 21.7 Å². The lowest BCUT2D eigenvalue weighted by atomic mass is 9.93. The van der Waals surface area contributed by atoms with Crippen molar-refractivity contribution in [1.82, 2.24) is 19.8 Å². The minimum Gasteiger partial charge on any atom is -0.351 e. The van der Waals surface area contributed by atoms with E-state index >= 15 is 0 Å². The van der Waals surface area contributed by atoms with E-state index in [0.717, 1.165) is 23.0 Å². The second kappa shape index (κ2) is 7.02. The number of nitrogens with one attached hydrogen (secondary N) is 2. The summed E-state index contributed by atoms with van der Waals surface area (Å²) in [6.07, 6.45) is 0. The van der Waals surface area contributed by atoms with Crippen molar-refractivity contribution in [2.24, 2.45) is 0 Å². The molecule has 1 amide bonds. The number of hydrogen-bond acceptors (Lipinski definition) is 3. The maximum absolute atomic E-state index is 14.1. The number of pyridine rings is 1. The molecule has 31 heavy (non-hydrogen) atoms. The number of carbonyl (C=O) groups excluding carboxylic acids is 1. The minimum atomic E-state index is -1.08. The molecule has 0 bridgehead atoms. The molecule has 1 aliphatic rings. The third-order valence-electron chi connectivity index (χ3n) is 5.98. The summed E-state index contributed by atoms with van der Waals surface area (Å²) in [6, 6.07) is 10.9. The maximum Gasteiger partial charge on any atom is 0.270 e. The van der Waals surface area contributed by atoms with Gasteiger partial charge in [-0.25, -0.2) is 8.78 Å². The van der Waals surface area contributed by atoms with Gasteiger partial charge >= 0.3 is 0 Å². The lowest BCUT2D eigenvalue weighted by molar-refractivity contribution is 0.0672. The number of amides is 1. The smallest absolute Gasteiger partial charge is 0.270 e. The molecular formula is C23H20F2N4O2. The van der Waals surface area contributed by atoms with Crippen LogP contribution < -0.4 is 5.56 Å². The van der Waals surface area contributed by atoms with Crippen molar-refractivity contribution in [1.29, 1.82) is 0 Å². The first kappa shape index (κ1) is 19.4. The van der Waals surface area contributed by atoms with Crippen LogP contribution in [0.3, 0.4) is 0 Å². The van der Waals surface area contributed by atoms with Gasteiger partial charge in [0.1, 0.15) is 5.69 Å². The molecule has 8 heteroatoms. The van der Waals surface area contributed by atoms with Crippen molar-refractivity contribution in [2.45, 2.75) is 12.6 Å². The number of carbonyl (C=O) groups is 1. The lowest BCUT2D eigenvalue weighted by Crippen LogP contribution is -2.42. The van der Waals surface area contributed by atoms with E-state index in [9.17, 15) is 18.4 Å². The Balaban J connectivity index is 1.65. The van der Waals surface area contributed by atoms with Crippen LogP contribution in [-0.4, -0.2) is 46.3 Å². The predicted molar refractivity (Wildman–Crippen MR) is 114 cm³/mol. The van der Waals surface area contributed by atoms with E-state index in [2.05, 4.69) is 9.97 Å². The molecule has 158 valence electrons. The molecule has 0 radical (unpaired) electrons. The van der Waals surface area contributed by atoms with Crippen LogP contribution in [0.5, 0.6) is 0 Å². The molecule has 0 spiro atoms. The number of hydrogen-bond donors (Lipinski definition) is 2. The summed E-state index contributed by atoms with van der Waals surface area (Å²) >= 11 is 0. The van der Waals surface area contributed by atoms with Crippen LogP contribution >= 0.6 is 0 Å². The Labute approximate surface area is 176 Å². The zero-order chi connectivity index (χ0) is 21.9. The predicted octanol–water partition coefficient (Wildman–Crippen LogP) is 3.55. The minimum absolute atomic E-state index is 0.0682. The maximum atomic E-state index is 14.1. The number of aromatic nitrogens is 2. The molecule has 2 N–H and O–H groups in total.